The summed E-state index contributed by atoms with van der Waals surface area (Å²) in [6.45, 7) is 5.30. The van der Waals surface area contributed by atoms with Crippen LogP contribution in [0.1, 0.15) is 52.4 Å². The first-order valence-electron chi connectivity index (χ1n) is 6.62. The Kier molecular flexibility index (Phi) is 6.50. The highest BCUT2D eigenvalue weighted by atomic mass is 16.5. The molecule has 3 N–H and O–H groups in total. The van der Waals surface area contributed by atoms with E-state index in [0.717, 1.165) is 31.6 Å². The third-order valence-corrected chi connectivity index (χ3v) is 3.37. The van der Waals surface area contributed by atoms with Crippen LogP contribution < -0.4 is 11.3 Å². The molecule has 0 saturated heterocycles. The Bertz CT molecular complexity index is 216. The predicted molar refractivity (Wildman–Crippen MR) is 67.7 cm³/mol. The highest BCUT2D eigenvalue weighted by Crippen LogP contribution is 2.24. The van der Waals surface area contributed by atoms with Gasteiger partial charge in [0.05, 0.1) is 12.6 Å². The van der Waals surface area contributed by atoms with Crippen LogP contribution in [-0.4, -0.2) is 12.6 Å². The fraction of sp³-hybridized carbons (Fsp3) is 0.846. The maximum absolute atomic E-state index is 5.71. The van der Waals surface area contributed by atoms with Gasteiger partial charge in [0.15, 0.2) is 0 Å². The molecule has 0 aromatic heterocycles. The zero-order valence-corrected chi connectivity index (χ0v) is 10.7. The molecule has 1 rings (SSSR count). The second-order valence-corrected chi connectivity index (χ2v) is 4.55. The van der Waals surface area contributed by atoms with Crippen LogP contribution in [0.5, 0.6) is 0 Å². The summed E-state index contributed by atoms with van der Waals surface area (Å²) >= 11 is 0. The van der Waals surface area contributed by atoms with Crippen LogP contribution in [0.3, 0.4) is 0 Å². The molecule has 2 unspecified atom stereocenters. The molecule has 3 heteroatoms. The van der Waals surface area contributed by atoms with Gasteiger partial charge in [0.25, 0.3) is 0 Å². The number of hydrogen-bond acceptors (Lipinski definition) is 3. The van der Waals surface area contributed by atoms with Crippen molar-refractivity contribution in [3.63, 3.8) is 0 Å². The quantitative estimate of drug-likeness (QED) is 0.518. The van der Waals surface area contributed by atoms with Gasteiger partial charge in [-0.3, -0.25) is 5.84 Å². The molecule has 1 aliphatic rings. The molecule has 0 aromatic carbocycles. The second-order valence-electron chi connectivity index (χ2n) is 4.55. The monoisotopic (exact) mass is 226 g/mol. The van der Waals surface area contributed by atoms with Crippen LogP contribution in [-0.2, 0) is 4.74 Å². The molecule has 0 aliphatic carbocycles. The minimum absolute atomic E-state index is 0.205. The van der Waals surface area contributed by atoms with Crippen molar-refractivity contribution in [1.29, 1.82) is 0 Å². The molecule has 0 saturated carbocycles. The minimum Gasteiger partial charge on any atom is -0.497 e. The lowest BCUT2D eigenvalue weighted by molar-refractivity contribution is 0.146. The molecule has 0 amide bonds. The lowest BCUT2D eigenvalue weighted by atomic mass is 9.89. The fourth-order valence-corrected chi connectivity index (χ4v) is 2.32. The van der Waals surface area contributed by atoms with Gasteiger partial charge in [-0.1, -0.05) is 33.1 Å². The lowest BCUT2D eigenvalue weighted by Gasteiger charge is -2.29. The average Bonchev–Trinajstić information content (AvgIpc) is 2.35. The lowest BCUT2D eigenvalue weighted by Crippen LogP contribution is -2.43. The third kappa shape index (κ3) is 3.80. The van der Waals surface area contributed by atoms with E-state index >= 15 is 0 Å². The normalized spacial score (nSPS) is 19.8. The smallest absolute Gasteiger partial charge is 0.111 e. The predicted octanol–water partition coefficient (Wildman–Crippen LogP) is 2.73. The van der Waals surface area contributed by atoms with Gasteiger partial charge in [0, 0.05) is 0 Å². The zero-order valence-electron chi connectivity index (χ0n) is 10.7. The van der Waals surface area contributed by atoms with Gasteiger partial charge in [-0.15, -0.1) is 0 Å². The van der Waals surface area contributed by atoms with Crippen LogP contribution in [0.25, 0.3) is 0 Å². The van der Waals surface area contributed by atoms with Crippen molar-refractivity contribution in [3.8, 4) is 0 Å². The molecular weight excluding hydrogens is 200 g/mol. The molecule has 1 heterocycles. The minimum atomic E-state index is 0.205. The van der Waals surface area contributed by atoms with Gasteiger partial charge in [-0.05, 0) is 31.3 Å². The molecule has 0 fully saturated rings. The van der Waals surface area contributed by atoms with Crippen LogP contribution in [0.4, 0.5) is 0 Å². The number of rotatable bonds is 7. The van der Waals surface area contributed by atoms with E-state index < -0.39 is 0 Å². The van der Waals surface area contributed by atoms with Crippen molar-refractivity contribution in [1.82, 2.24) is 5.43 Å². The number of unbranched alkanes of at least 4 members (excludes halogenated alkanes) is 1. The number of hydrogen-bond donors (Lipinski definition) is 2. The van der Waals surface area contributed by atoms with E-state index in [-0.39, 0.29) is 6.04 Å². The van der Waals surface area contributed by atoms with E-state index in [1.807, 2.05) is 0 Å². The molecular formula is C13H26N2O. The van der Waals surface area contributed by atoms with Crippen LogP contribution >= 0.6 is 0 Å². The Balaban J connectivity index is 2.58. The van der Waals surface area contributed by atoms with Crippen LogP contribution in [0.2, 0.25) is 0 Å². The van der Waals surface area contributed by atoms with E-state index in [2.05, 4.69) is 25.3 Å². The number of hydrazine groups is 1. The Hall–Kier alpha value is -0.540. The van der Waals surface area contributed by atoms with Crippen molar-refractivity contribution in [2.24, 2.45) is 11.8 Å². The molecule has 2 atom stereocenters. The second kappa shape index (κ2) is 7.69. The van der Waals surface area contributed by atoms with Gasteiger partial charge in [0.2, 0.25) is 0 Å². The number of allylic oxidation sites excluding steroid dienone is 1. The highest BCUT2D eigenvalue weighted by molar-refractivity contribution is 5.07. The Labute approximate surface area is 99.4 Å². The number of nitrogens with two attached hydrogens (primary N) is 1. The first-order chi connectivity index (χ1) is 7.83. The van der Waals surface area contributed by atoms with Gasteiger partial charge >= 0.3 is 0 Å². The molecule has 3 nitrogen and oxygen atoms in total. The van der Waals surface area contributed by atoms with E-state index in [0.29, 0.717) is 5.92 Å². The average molecular weight is 226 g/mol. The maximum atomic E-state index is 5.71. The standard InChI is InChI=1S/C13H26N2O/c1-3-5-8-11(4-2)13(15-14)12-9-6-7-10-16-12/h9,11,13,15H,3-8,10,14H2,1-2H3. The maximum Gasteiger partial charge on any atom is 0.111 e. The summed E-state index contributed by atoms with van der Waals surface area (Å²) in [7, 11) is 0. The summed E-state index contributed by atoms with van der Waals surface area (Å²) < 4.78 is 5.71. The van der Waals surface area contributed by atoms with Gasteiger partial charge in [-0.2, -0.15) is 0 Å². The molecule has 94 valence electrons. The first kappa shape index (κ1) is 13.5. The molecule has 0 radical (unpaired) electrons. The van der Waals surface area contributed by atoms with Crippen molar-refractivity contribution < 1.29 is 4.74 Å². The van der Waals surface area contributed by atoms with Crippen LogP contribution in [0.15, 0.2) is 11.8 Å². The van der Waals surface area contributed by atoms with Crippen molar-refractivity contribution >= 4 is 0 Å². The summed E-state index contributed by atoms with van der Waals surface area (Å²) in [6, 6.07) is 0.205. The molecule has 0 spiro atoms. The number of nitrogens with one attached hydrogen (secondary N) is 1. The van der Waals surface area contributed by atoms with Crippen LogP contribution in [0, 0.1) is 5.92 Å². The fourth-order valence-electron chi connectivity index (χ4n) is 2.32. The van der Waals surface area contributed by atoms with Gasteiger partial charge in [-0.25, -0.2) is 5.43 Å². The number of ether oxygens (including phenoxy) is 1. The SMILES string of the molecule is CCCCC(CC)C(NN)C1=CCCCO1. The first-order valence-corrected chi connectivity index (χ1v) is 6.62. The molecule has 0 aromatic rings. The topological polar surface area (TPSA) is 47.3 Å². The summed E-state index contributed by atoms with van der Waals surface area (Å²) in [5.41, 5.74) is 2.94. The van der Waals surface area contributed by atoms with Gasteiger partial charge < -0.3 is 4.74 Å². The third-order valence-electron chi connectivity index (χ3n) is 3.37. The Morgan fingerprint density at radius 2 is 2.31 bits per heavy atom. The van der Waals surface area contributed by atoms with E-state index in [1.165, 1.54) is 19.3 Å². The molecule has 16 heavy (non-hydrogen) atoms. The largest absolute Gasteiger partial charge is 0.497 e. The Morgan fingerprint density at radius 1 is 1.50 bits per heavy atom. The van der Waals surface area contributed by atoms with Crippen molar-refractivity contribution in [2.45, 2.75) is 58.4 Å². The Morgan fingerprint density at radius 3 is 2.81 bits per heavy atom. The summed E-state index contributed by atoms with van der Waals surface area (Å²) in [5, 5.41) is 0. The molecule has 1 aliphatic heterocycles. The van der Waals surface area contributed by atoms with Crippen molar-refractivity contribution in [3.05, 3.63) is 11.8 Å². The zero-order chi connectivity index (χ0) is 11.8. The van der Waals surface area contributed by atoms with E-state index in [9.17, 15) is 0 Å². The molecule has 0 bridgehead atoms. The summed E-state index contributed by atoms with van der Waals surface area (Å²) in [5.74, 6) is 7.34. The summed E-state index contributed by atoms with van der Waals surface area (Å²) in [6.07, 6.45) is 9.34. The highest BCUT2D eigenvalue weighted by Gasteiger charge is 2.24. The summed E-state index contributed by atoms with van der Waals surface area (Å²) in [4.78, 5) is 0. The van der Waals surface area contributed by atoms with Crippen molar-refractivity contribution in [2.75, 3.05) is 6.61 Å². The van der Waals surface area contributed by atoms with Gasteiger partial charge in [0.1, 0.15) is 5.76 Å². The van der Waals surface area contributed by atoms with E-state index in [4.69, 9.17) is 10.6 Å². The van der Waals surface area contributed by atoms with E-state index in [1.54, 1.807) is 0 Å².